The Bertz CT molecular complexity index is 583. The largest absolute Gasteiger partial charge is 0.493 e. The fourth-order valence-electron chi connectivity index (χ4n) is 1.93. The number of esters is 1. The summed E-state index contributed by atoms with van der Waals surface area (Å²) >= 11 is 0. The van der Waals surface area contributed by atoms with Crippen molar-refractivity contribution in [3.05, 3.63) is 42.5 Å². The predicted molar refractivity (Wildman–Crippen MR) is 78.7 cm³/mol. The van der Waals surface area contributed by atoms with E-state index in [4.69, 9.17) is 15.2 Å². The number of ether oxygens (including phenoxy) is 2. The van der Waals surface area contributed by atoms with Gasteiger partial charge in [0.05, 0.1) is 13.2 Å². The summed E-state index contributed by atoms with van der Waals surface area (Å²) in [7, 11) is 0. The van der Waals surface area contributed by atoms with E-state index in [-0.39, 0.29) is 5.97 Å². The third-order valence-electron chi connectivity index (χ3n) is 3.01. The molecule has 106 valence electrons. The number of benzene rings is 2. The molecule has 1 unspecified atom stereocenters. The van der Waals surface area contributed by atoms with Crippen LogP contribution in [0, 0.1) is 0 Å². The molecule has 2 aromatic carbocycles. The molecule has 0 radical (unpaired) electrons. The Hall–Kier alpha value is -2.07. The number of carbonyl (C=O) groups is 1. The summed E-state index contributed by atoms with van der Waals surface area (Å²) in [4.78, 5) is 11.4. The van der Waals surface area contributed by atoms with Gasteiger partial charge in [-0.05, 0) is 29.8 Å². The van der Waals surface area contributed by atoms with Crippen LogP contribution in [-0.4, -0.2) is 25.2 Å². The molecule has 20 heavy (non-hydrogen) atoms. The zero-order valence-electron chi connectivity index (χ0n) is 11.5. The van der Waals surface area contributed by atoms with Crippen LogP contribution in [0.4, 0.5) is 0 Å². The molecule has 0 aliphatic rings. The maximum absolute atomic E-state index is 11.4. The first-order valence-electron chi connectivity index (χ1n) is 6.74. The van der Waals surface area contributed by atoms with Crippen LogP contribution >= 0.6 is 0 Å². The molecule has 0 saturated heterocycles. The van der Waals surface area contributed by atoms with Crippen LogP contribution in [0.1, 0.15) is 13.3 Å². The number of hydrogen-bond donors (Lipinski definition) is 1. The zero-order valence-corrected chi connectivity index (χ0v) is 11.5. The van der Waals surface area contributed by atoms with Crippen molar-refractivity contribution in [1.29, 1.82) is 0 Å². The molecule has 0 aliphatic heterocycles. The third-order valence-corrected chi connectivity index (χ3v) is 3.01. The summed E-state index contributed by atoms with van der Waals surface area (Å²) in [5, 5.41) is 2.29. The van der Waals surface area contributed by atoms with Gasteiger partial charge in [-0.3, -0.25) is 4.79 Å². The van der Waals surface area contributed by atoms with Crippen molar-refractivity contribution in [3.63, 3.8) is 0 Å². The number of rotatable bonds is 6. The van der Waals surface area contributed by atoms with Crippen LogP contribution in [0.5, 0.6) is 5.75 Å². The van der Waals surface area contributed by atoms with Crippen molar-refractivity contribution >= 4 is 16.7 Å². The lowest BCUT2D eigenvalue weighted by molar-refractivity contribution is -0.145. The smallest absolute Gasteiger partial charge is 0.323 e. The summed E-state index contributed by atoms with van der Waals surface area (Å²) in [6, 6.07) is 13.3. The van der Waals surface area contributed by atoms with Gasteiger partial charge in [-0.25, -0.2) is 0 Å². The number of carbonyl (C=O) groups excluding carboxylic acids is 1. The molecule has 2 aromatic rings. The topological polar surface area (TPSA) is 61.5 Å². The van der Waals surface area contributed by atoms with Gasteiger partial charge in [-0.15, -0.1) is 0 Å². The van der Waals surface area contributed by atoms with E-state index in [1.165, 1.54) is 5.39 Å². The second-order valence-electron chi connectivity index (χ2n) is 4.50. The van der Waals surface area contributed by atoms with Gasteiger partial charge in [0.2, 0.25) is 0 Å². The van der Waals surface area contributed by atoms with Crippen molar-refractivity contribution in [2.75, 3.05) is 13.2 Å². The highest BCUT2D eigenvalue weighted by molar-refractivity contribution is 5.83. The number of fused-ring (bicyclic) bond motifs is 1. The second kappa shape index (κ2) is 6.91. The second-order valence-corrected chi connectivity index (χ2v) is 4.50. The molecule has 1 atom stereocenters. The summed E-state index contributed by atoms with van der Waals surface area (Å²) < 4.78 is 10.5. The SMILES string of the molecule is CCOC(=O)C(N)CCOc1ccc2ccccc2c1. The quantitative estimate of drug-likeness (QED) is 0.821. The molecule has 0 aliphatic carbocycles. The molecule has 4 heteroatoms. The number of hydrogen-bond acceptors (Lipinski definition) is 4. The Labute approximate surface area is 118 Å². The maximum atomic E-state index is 11.4. The van der Waals surface area contributed by atoms with Gasteiger partial charge in [-0.2, -0.15) is 0 Å². The molecule has 2 rings (SSSR count). The maximum Gasteiger partial charge on any atom is 0.323 e. The first-order chi connectivity index (χ1) is 9.70. The Balaban J connectivity index is 1.88. The molecule has 0 aromatic heterocycles. The highest BCUT2D eigenvalue weighted by Gasteiger charge is 2.14. The molecule has 0 bridgehead atoms. The van der Waals surface area contributed by atoms with Gasteiger partial charge < -0.3 is 15.2 Å². The van der Waals surface area contributed by atoms with Crippen LogP contribution in [-0.2, 0) is 9.53 Å². The highest BCUT2D eigenvalue weighted by Crippen LogP contribution is 2.20. The Kier molecular flexibility index (Phi) is 4.96. The van der Waals surface area contributed by atoms with E-state index in [2.05, 4.69) is 6.07 Å². The van der Waals surface area contributed by atoms with Crippen LogP contribution in [0.3, 0.4) is 0 Å². The van der Waals surface area contributed by atoms with E-state index in [1.807, 2.05) is 36.4 Å². The van der Waals surface area contributed by atoms with Crippen LogP contribution in [0.2, 0.25) is 0 Å². The summed E-state index contributed by atoms with van der Waals surface area (Å²) in [5.41, 5.74) is 5.70. The third kappa shape index (κ3) is 3.71. The minimum atomic E-state index is -0.629. The highest BCUT2D eigenvalue weighted by atomic mass is 16.5. The summed E-state index contributed by atoms with van der Waals surface area (Å²) in [6.45, 7) is 2.49. The van der Waals surface area contributed by atoms with E-state index >= 15 is 0 Å². The first kappa shape index (κ1) is 14.3. The van der Waals surface area contributed by atoms with Gasteiger partial charge in [0.1, 0.15) is 11.8 Å². The molecule has 0 heterocycles. The van der Waals surface area contributed by atoms with E-state index in [0.29, 0.717) is 19.6 Å². The lowest BCUT2D eigenvalue weighted by Crippen LogP contribution is -2.33. The first-order valence-corrected chi connectivity index (χ1v) is 6.74. The molecular weight excluding hydrogens is 254 g/mol. The number of nitrogens with two attached hydrogens (primary N) is 1. The van der Waals surface area contributed by atoms with Crippen LogP contribution < -0.4 is 10.5 Å². The van der Waals surface area contributed by atoms with Crippen molar-refractivity contribution in [2.45, 2.75) is 19.4 Å². The standard InChI is InChI=1S/C16H19NO3/c1-2-19-16(18)15(17)9-10-20-14-8-7-12-5-3-4-6-13(12)11-14/h3-8,11,15H,2,9-10,17H2,1H3. The van der Waals surface area contributed by atoms with Gasteiger partial charge in [0.15, 0.2) is 0 Å². The molecule has 0 saturated carbocycles. The minimum absolute atomic E-state index is 0.345. The van der Waals surface area contributed by atoms with Gasteiger partial charge in [0, 0.05) is 6.42 Å². The lowest BCUT2D eigenvalue weighted by Gasteiger charge is -2.11. The van der Waals surface area contributed by atoms with Crippen LogP contribution in [0.25, 0.3) is 10.8 Å². The summed E-state index contributed by atoms with van der Waals surface area (Å²) in [5.74, 6) is 0.398. The zero-order chi connectivity index (χ0) is 14.4. The van der Waals surface area contributed by atoms with Crippen molar-refractivity contribution < 1.29 is 14.3 Å². The fourth-order valence-corrected chi connectivity index (χ4v) is 1.93. The normalized spacial score (nSPS) is 12.1. The summed E-state index contributed by atoms with van der Waals surface area (Å²) in [6.07, 6.45) is 0.436. The molecular formula is C16H19NO3. The molecule has 2 N–H and O–H groups in total. The molecule has 0 spiro atoms. The van der Waals surface area contributed by atoms with E-state index < -0.39 is 6.04 Å². The predicted octanol–water partition coefficient (Wildman–Crippen LogP) is 2.50. The average Bonchev–Trinajstić information content (AvgIpc) is 2.47. The van der Waals surface area contributed by atoms with E-state index in [0.717, 1.165) is 11.1 Å². The van der Waals surface area contributed by atoms with E-state index in [1.54, 1.807) is 6.92 Å². The van der Waals surface area contributed by atoms with E-state index in [9.17, 15) is 4.79 Å². The lowest BCUT2D eigenvalue weighted by atomic mass is 10.1. The van der Waals surface area contributed by atoms with Crippen molar-refractivity contribution in [2.24, 2.45) is 5.73 Å². The van der Waals surface area contributed by atoms with Crippen molar-refractivity contribution in [1.82, 2.24) is 0 Å². The molecule has 0 amide bonds. The Morgan fingerprint density at radius 2 is 1.95 bits per heavy atom. The molecule has 0 fully saturated rings. The van der Waals surface area contributed by atoms with Gasteiger partial charge in [-0.1, -0.05) is 30.3 Å². The monoisotopic (exact) mass is 273 g/mol. The minimum Gasteiger partial charge on any atom is -0.493 e. The Morgan fingerprint density at radius 1 is 1.20 bits per heavy atom. The Morgan fingerprint density at radius 3 is 2.70 bits per heavy atom. The van der Waals surface area contributed by atoms with Crippen molar-refractivity contribution in [3.8, 4) is 5.75 Å². The van der Waals surface area contributed by atoms with Crippen LogP contribution in [0.15, 0.2) is 42.5 Å². The van der Waals surface area contributed by atoms with Gasteiger partial charge in [0.25, 0.3) is 0 Å². The van der Waals surface area contributed by atoms with Gasteiger partial charge >= 0.3 is 5.97 Å². The average molecular weight is 273 g/mol. The molecule has 4 nitrogen and oxygen atoms in total. The fraction of sp³-hybridized carbons (Fsp3) is 0.312.